The Hall–Kier alpha value is -4.56. The molecule has 3 amide bonds. The monoisotopic (exact) mass is 583 g/mol. The Labute approximate surface area is 251 Å². The maximum absolute atomic E-state index is 13.0. The molecule has 3 N–H and O–H groups in total. The minimum Gasteiger partial charge on any atom is -0.424 e. The zero-order valence-electron chi connectivity index (χ0n) is 24.8. The van der Waals surface area contributed by atoms with E-state index in [1.54, 1.807) is 31.1 Å². The summed E-state index contributed by atoms with van der Waals surface area (Å²) in [6.45, 7) is 3.06. The van der Waals surface area contributed by atoms with E-state index < -0.39 is 5.41 Å². The number of nitriles is 1. The molecule has 1 aromatic heterocycles. The zero-order valence-corrected chi connectivity index (χ0v) is 24.8. The van der Waals surface area contributed by atoms with E-state index >= 15 is 0 Å². The van der Waals surface area contributed by atoms with E-state index in [2.05, 4.69) is 32.2 Å². The third-order valence-electron chi connectivity index (χ3n) is 8.58. The minimum absolute atomic E-state index is 0.100. The largest absolute Gasteiger partial charge is 0.424 e. The summed E-state index contributed by atoms with van der Waals surface area (Å²) in [7, 11) is 3.21. The fourth-order valence-corrected chi connectivity index (χ4v) is 6.37. The molecular formula is C32H37N7O4. The molecule has 1 aliphatic carbocycles. The third kappa shape index (κ3) is 5.62. The van der Waals surface area contributed by atoms with Gasteiger partial charge in [0, 0.05) is 38.2 Å². The summed E-state index contributed by atoms with van der Waals surface area (Å²) < 4.78 is 6.31. The highest BCUT2D eigenvalue weighted by molar-refractivity contribution is 5.95. The van der Waals surface area contributed by atoms with Crippen LogP contribution in [0.5, 0.6) is 0 Å². The lowest BCUT2D eigenvalue weighted by molar-refractivity contribution is -0.130. The maximum atomic E-state index is 13.0. The summed E-state index contributed by atoms with van der Waals surface area (Å²) >= 11 is 0. The average molecular weight is 584 g/mol. The van der Waals surface area contributed by atoms with Crippen LogP contribution in [0.1, 0.15) is 80.9 Å². The fourth-order valence-electron chi connectivity index (χ4n) is 6.37. The highest BCUT2D eigenvalue weighted by Crippen LogP contribution is 2.47. The van der Waals surface area contributed by atoms with Crippen molar-refractivity contribution in [1.82, 2.24) is 31.0 Å². The van der Waals surface area contributed by atoms with E-state index in [-0.39, 0.29) is 30.3 Å². The standard InChI is InChI=1S/C32H37N7O4/c1-4-27-37-38-31(43-27)32(13-14-36-19-28(40)39-15-5-6-24(39)18-33)25-11-9-22(29(41)34-2)16-20(25)7-8-21-17-23(30(42)35-3)10-12-26(21)32/h9-12,16-17,24,36H,4-8,13-15,19H2,1-3H3,(H,34,41)(H,35,42). The first-order valence-electron chi connectivity index (χ1n) is 14.8. The molecule has 1 saturated heterocycles. The number of carbonyl (C=O) groups excluding carboxylic acids is 3. The Morgan fingerprint density at radius 1 is 1.02 bits per heavy atom. The van der Waals surface area contributed by atoms with Crippen molar-refractivity contribution in [2.75, 3.05) is 33.7 Å². The molecule has 2 heterocycles. The summed E-state index contributed by atoms with van der Waals surface area (Å²) in [6, 6.07) is 13.2. The first-order valence-corrected chi connectivity index (χ1v) is 14.8. The second-order valence-corrected chi connectivity index (χ2v) is 11.0. The van der Waals surface area contributed by atoms with Gasteiger partial charge < -0.3 is 25.3 Å². The summed E-state index contributed by atoms with van der Waals surface area (Å²) in [5.74, 6) is 0.467. The molecule has 0 saturated carbocycles. The molecule has 0 bridgehead atoms. The van der Waals surface area contributed by atoms with Crippen molar-refractivity contribution in [2.24, 2.45) is 0 Å². The lowest BCUT2D eigenvalue weighted by atomic mass is 9.69. The lowest BCUT2D eigenvalue weighted by Gasteiger charge is -2.34. The smallest absolute Gasteiger partial charge is 0.251 e. The Bertz CT molecular complexity index is 1510. The number of hydrogen-bond acceptors (Lipinski definition) is 8. The summed E-state index contributed by atoms with van der Waals surface area (Å²) in [5, 5.41) is 27.0. The first-order chi connectivity index (χ1) is 20.9. The van der Waals surface area contributed by atoms with Crippen LogP contribution in [0.15, 0.2) is 40.8 Å². The Morgan fingerprint density at radius 3 is 2.19 bits per heavy atom. The second-order valence-electron chi connectivity index (χ2n) is 11.0. The van der Waals surface area contributed by atoms with E-state index in [4.69, 9.17) is 4.42 Å². The number of carbonyl (C=O) groups is 3. The van der Waals surface area contributed by atoms with Gasteiger partial charge in [0.15, 0.2) is 0 Å². The number of amides is 3. The molecule has 1 atom stereocenters. The molecule has 2 aromatic carbocycles. The van der Waals surface area contributed by atoms with Crippen LogP contribution in [0.4, 0.5) is 0 Å². The van der Waals surface area contributed by atoms with E-state index in [0.717, 1.165) is 28.7 Å². The molecule has 2 aliphatic rings. The van der Waals surface area contributed by atoms with Gasteiger partial charge in [-0.15, -0.1) is 10.2 Å². The summed E-state index contributed by atoms with van der Waals surface area (Å²) in [6.07, 6.45) is 3.83. The van der Waals surface area contributed by atoms with E-state index in [1.807, 2.05) is 31.2 Å². The summed E-state index contributed by atoms with van der Waals surface area (Å²) in [5.41, 5.74) is 4.01. The second kappa shape index (κ2) is 12.8. The van der Waals surface area contributed by atoms with Crippen molar-refractivity contribution in [1.29, 1.82) is 5.26 Å². The van der Waals surface area contributed by atoms with Crippen molar-refractivity contribution in [3.05, 3.63) is 81.6 Å². The van der Waals surface area contributed by atoms with E-state index in [0.29, 0.717) is 68.1 Å². The van der Waals surface area contributed by atoms with Crippen LogP contribution in [-0.2, 0) is 29.5 Å². The number of benzene rings is 2. The van der Waals surface area contributed by atoms with Crippen molar-refractivity contribution in [2.45, 2.75) is 56.9 Å². The molecule has 0 spiro atoms. The molecule has 1 fully saturated rings. The molecule has 3 aromatic rings. The molecule has 43 heavy (non-hydrogen) atoms. The first kappa shape index (κ1) is 29.9. The van der Waals surface area contributed by atoms with Crippen LogP contribution in [0, 0.1) is 11.3 Å². The van der Waals surface area contributed by atoms with Gasteiger partial charge in [-0.05, 0) is 85.2 Å². The fraction of sp³-hybridized carbons (Fsp3) is 0.438. The van der Waals surface area contributed by atoms with E-state index in [9.17, 15) is 19.6 Å². The average Bonchev–Trinajstić information content (AvgIpc) is 3.71. The zero-order chi connectivity index (χ0) is 30.6. The van der Waals surface area contributed by atoms with Gasteiger partial charge in [0.25, 0.3) is 11.8 Å². The molecule has 11 heteroatoms. The minimum atomic E-state index is -0.914. The molecule has 224 valence electrons. The predicted octanol–water partition coefficient (Wildman–Crippen LogP) is 2.28. The maximum Gasteiger partial charge on any atom is 0.251 e. The number of nitrogens with one attached hydrogen (secondary N) is 3. The Kier molecular flexibility index (Phi) is 8.87. The van der Waals surface area contributed by atoms with Crippen molar-refractivity contribution < 1.29 is 18.8 Å². The predicted molar refractivity (Wildman–Crippen MR) is 158 cm³/mol. The number of likely N-dealkylation sites (tertiary alicyclic amines) is 1. The molecular weight excluding hydrogens is 546 g/mol. The van der Waals surface area contributed by atoms with Crippen molar-refractivity contribution >= 4 is 17.7 Å². The van der Waals surface area contributed by atoms with Gasteiger partial charge in [0.1, 0.15) is 11.5 Å². The van der Waals surface area contributed by atoms with Gasteiger partial charge in [-0.2, -0.15) is 5.26 Å². The Balaban J connectivity index is 1.59. The normalized spacial score (nSPS) is 16.9. The molecule has 11 nitrogen and oxygen atoms in total. The Morgan fingerprint density at radius 2 is 1.65 bits per heavy atom. The van der Waals surface area contributed by atoms with Crippen LogP contribution in [-0.4, -0.2) is 72.6 Å². The van der Waals surface area contributed by atoms with Gasteiger partial charge >= 0.3 is 0 Å². The van der Waals surface area contributed by atoms with Gasteiger partial charge in [-0.3, -0.25) is 14.4 Å². The number of aryl methyl sites for hydroxylation is 3. The SMILES string of the molecule is CCc1nnc(C2(CCNCC(=O)N3CCCC3C#N)c3ccc(C(=O)NC)cc3CCc3cc(C(=O)NC)ccc32)o1. The van der Waals surface area contributed by atoms with Crippen LogP contribution in [0.25, 0.3) is 0 Å². The summed E-state index contributed by atoms with van der Waals surface area (Å²) in [4.78, 5) is 39.8. The topological polar surface area (TPSA) is 153 Å². The third-order valence-corrected chi connectivity index (χ3v) is 8.58. The van der Waals surface area contributed by atoms with Gasteiger partial charge in [-0.25, -0.2) is 0 Å². The van der Waals surface area contributed by atoms with Gasteiger partial charge in [0.05, 0.1) is 12.6 Å². The number of hydrogen-bond donors (Lipinski definition) is 3. The number of fused-ring (bicyclic) bond motifs is 2. The highest BCUT2D eigenvalue weighted by atomic mass is 16.4. The molecule has 1 unspecified atom stereocenters. The number of rotatable bonds is 9. The van der Waals surface area contributed by atoms with Crippen LogP contribution >= 0.6 is 0 Å². The van der Waals surface area contributed by atoms with Gasteiger partial charge in [-0.1, -0.05) is 19.1 Å². The van der Waals surface area contributed by atoms with Gasteiger partial charge in [0.2, 0.25) is 17.7 Å². The number of nitrogens with zero attached hydrogens (tertiary/aromatic N) is 4. The molecule has 1 aliphatic heterocycles. The molecule has 5 rings (SSSR count). The van der Waals surface area contributed by atoms with Crippen LogP contribution in [0.3, 0.4) is 0 Å². The van der Waals surface area contributed by atoms with Crippen LogP contribution < -0.4 is 16.0 Å². The van der Waals surface area contributed by atoms with Crippen LogP contribution in [0.2, 0.25) is 0 Å². The lowest BCUT2D eigenvalue weighted by Crippen LogP contribution is -2.42. The van der Waals surface area contributed by atoms with Crippen molar-refractivity contribution in [3.8, 4) is 6.07 Å². The quantitative estimate of drug-likeness (QED) is 0.324. The van der Waals surface area contributed by atoms with E-state index in [1.165, 1.54) is 0 Å². The molecule has 0 radical (unpaired) electrons. The van der Waals surface area contributed by atoms with Crippen molar-refractivity contribution in [3.63, 3.8) is 0 Å². The highest BCUT2D eigenvalue weighted by Gasteiger charge is 2.45. The number of aromatic nitrogens is 2.